The molecule has 0 bridgehead atoms. The molecule has 0 fully saturated rings. The highest BCUT2D eigenvalue weighted by Gasteiger charge is 2.34. The van der Waals surface area contributed by atoms with Gasteiger partial charge in [-0.15, -0.1) is 0 Å². The third-order valence-electron chi connectivity index (χ3n) is 5.62. The van der Waals surface area contributed by atoms with Crippen LogP contribution in [0.5, 0.6) is 0 Å². The fourth-order valence-corrected chi connectivity index (χ4v) is 7.65. The molecule has 1 aromatic heterocycles. The minimum atomic E-state index is -1.67. The summed E-state index contributed by atoms with van der Waals surface area (Å²) in [5, 5.41) is 13.6. The topological polar surface area (TPSA) is 58.9 Å². The first-order valence-corrected chi connectivity index (χ1v) is 11.5. The lowest BCUT2D eigenvalue weighted by molar-refractivity contribution is -0.384. The van der Waals surface area contributed by atoms with Gasteiger partial charge >= 0.3 is 0 Å². The van der Waals surface area contributed by atoms with Gasteiger partial charge in [-0.2, -0.15) is 0 Å². The SMILES string of the molecule is CC[Si](CC)(CC)c1[nH]c2ccc([N+](=O)[O-])cc2c1-c1ccccc1. The zero-order valence-electron chi connectivity index (χ0n) is 15.0. The fourth-order valence-electron chi connectivity index (χ4n) is 3.88. The van der Waals surface area contributed by atoms with E-state index in [1.165, 1.54) is 5.32 Å². The fraction of sp³-hybridized carbons (Fsp3) is 0.300. The van der Waals surface area contributed by atoms with Gasteiger partial charge in [0.1, 0.15) is 8.07 Å². The number of hydrogen-bond acceptors (Lipinski definition) is 2. The number of nitro benzene ring substituents is 1. The highest BCUT2D eigenvalue weighted by Crippen LogP contribution is 2.34. The Kier molecular flexibility index (Phi) is 4.77. The molecule has 3 aromatic rings. The van der Waals surface area contributed by atoms with Gasteiger partial charge in [0.15, 0.2) is 0 Å². The van der Waals surface area contributed by atoms with Crippen molar-refractivity contribution in [2.75, 3.05) is 0 Å². The molecule has 0 saturated carbocycles. The van der Waals surface area contributed by atoms with Gasteiger partial charge in [0.2, 0.25) is 0 Å². The third-order valence-corrected chi connectivity index (χ3v) is 11.1. The standard InChI is InChI=1S/C20H24N2O2Si/c1-4-25(5-2,6-3)20-19(15-10-8-7-9-11-15)17-14-16(22(23)24)12-13-18(17)21-20/h7-14,21H,4-6H2,1-3H3. The van der Waals surface area contributed by atoms with Gasteiger partial charge in [-0.25, -0.2) is 0 Å². The van der Waals surface area contributed by atoms with Crippen molar-refractivity contribution >= 4 is 30.0 Å². The minimum absolute atomic E-state index is 0.145. The predicted octanol–water partition coefficient (Wildman–Crippen LogP) is 5.46. The minimum Gasteiger partial charge on any atom is -0.362 e. The Labute approximate surface area is 149 Å². The molecule has 0 aliphatic carbocycles. The summed E-state index contributed by atoms with van der Waals surface area (Å²) in [6, 6.07) is 18.9. The van der Waals surface area contributed by atoms with Gasteiger partial charge in [0.25, 0.3) is 5.69 Å². The maximum absolute atomic E-state index is 11.3. The number of rotatable bonds is 6. The highest BCUT2D eigenvalue weighted by molar-refractivity contribution is 6.92. The molecule has 130 valence electrons. The number of nitro groups is 1. The summed E-state index contributed by atoms with van der Waals surface area (Å²) < 4.78 is 0. The van der Waals surface area contributed by atoms with Gasteiger partial charge in [0.05, 0.1) is 4.92 Å². The summed E-state index contributed by atoms with van der Waals surface area (Å²) in [7, 11) is -1.67. The van der Waals surface area contributed by atoms with Crippen molar-refractivity contribution in [3.8, 4) is 11.1 Å². The van der Waals surface area contributed by atoms with Crippen LogP contribution < -0.4 is 5.32 Å². The monoisotopic (exact) mass is 352 g/mol. The number of benzene rings is 2. The van der Waals surface area contributed by atoms with E-state index in [-0.39, 0.29) is 10.6 Å². The van der Waals surface area contributed by atoms with Gasteiger partial charge in [0, 0.05) is 33.9 Å². The van der Waals surface area contributed by atoms with Crippen LogP contribution in [-0.2, 0) is 0 Å². The van der Waals surface area contributed by atoms with Crippen molar-refractivity contribution in [3.05, 3.63) is 58.6 Å². The maximum atomic E-state index is 11.3. The van der Waals surface area contributed by atoms with Crippen LogP contribution in [0.25, 0.3) is 22.0 Å². The number of nitrogens with zero attached hydrogens (tertiary/aromatic N) is 1. The summed E-state index contributed by atoms with van der Waals surface area (Å²) in [6.07, 6.45) is 0. The Hall–Kier alpha value is -2.40. The van der Waals surface area contributed by atoms with Crippen LogP contribution in [0.4, 0.5) is 5.69 Å². The van der Waals surface area contributed by atoms with Crippen LogP contribution in [0.3, 0.4) is 0 Å². The number of hydrogen-bond donors (Lipinski definition) is 1. The van der Waals surface area contributed by atoms with Gasteiger partial charge < -0.3 is 4.98 Å². The summed E-state index contributed by atoms with van der Waals surface area (Å²) >= 11 is 0. The molecule has 1 N–H and O–H groups in total. The van der Waals surface area contributed by atoms with Crippen LogP contribution in [0.15, 0.2) is 48.5 Å². The Morgan fingerprint density at radius 2 is 1.64 bits per heavy atom. The molecule has 0 saturated heterocycles. The Bertz CT molecular complexity index is 890. The first-order valence-electron chi connectivity index (χ1n) is 8.92. The number of aromatic amines is 1. The first kappa shape index (κ1) is 17.4. The smallest absolute Gasteiger partial charge is 0.270 e. The molecule has 0 aliphatic heterocycles. The van der Waals surface area contributed by atoms with Crippen molar-refractivity contribution in [2.24, 2.45) is 0 Å². The quantitative estimate of drug-likeness (QED) is 0.364. The molecular formula is C20H24N2O2Si. The maximum Gasteiger partial charge on any atom is 0.270 e. The van der Waals surface area contributed by atoms with Crippen molar-refractivity contribution in [1.29, 1.82) is 0 Å². The number of H-pyrrole nitrogens is 1. The Balaban J connectivity index is 2.39. The van der Waals surface area contributed by atoms with Crippen molar-refractivity contribution in [2.45, 2.75) is 38.9 Å². The number of aromatic nitrogens is 1. The number of non-ortho nitro benzene ring substituents is 1. The second kappa shape index (κ2) is 6.84. The molecule has 0 unspecified atom stereocenters. The molecule has 0 radical (unpaired) electrons. The molecule has 2 aromatic carbocycles. The van der Waals surface area contributed by atoms with E-state index in [1.54, 1.807) is 12.1 Å². The molecule has 0 atom stereocenters. The number of nitrogens with one attached hydrogen (secondary N) is 1. The molecule has 1 heterocycles. The Morgan fingerprint density at radius 1 is 1.00 bits per heavy atom. The molecule has 0 amide bonds. The summed E-state index contributed by atoms with van der Waals surface area (Å²) in [6.45, 7) is 6.84. The molecule has 0 spiro atoms. The van der Waals surface area contributed by atoms with E-state index in [0.29, 0.717) is 0 Å². The van der Waals surface area contributed by atoms with Gasteiger partial charge in [-0.05, 0) is 11.6 Å². The lowest BCUT2D eigenvalue weighted by Crippen LogP contribution is -2.47. The van der Waals surface area contributed by atoms with Crippen molar-refractivity contribution in [1.82, 2.24) is 4.98 Å². The van der Waals surface area contributed by atoms with Crippen LogP contribution in [0, 0.1) is 10.1 Å². The van der Waals surface area contributed by atoms with E-state index in [9.17, 15) is 10.1 Å². The lowest BCUT2D eigenvalue weighted by Gasteiger charge is -2.28. The van der Waals surface area contributed by atoms with Crippen LogP contribution in [0.2, 0.25) is 18.1 Å². The lowest BCUT2D eigenvalue weighted by atomic mass is 10.0. The van der Waals surface area contributed by atoms with E-state index < -0.39 is 8.07 Å². The average molecular weight is 353 g/mol. The van der Waals surface area contributed by atoms with Gasteiger partial charge in [-0.3, -0.25) is 10.1 Å². The normalized spacial score (nSPS) is 11.8. The molecular weight excluding hydrogens is 328 g/mol. The largest absolute Gasteiger partial charge is 0.362 e. The van der Waals surface area contributed by atoms with Crippen molar-refractivity contribution < 1.29 is 4.92 Å². The number of fused-ring (bicyclic) bond motifs is 1. The third kappa shape index (κ3) is 2.89. The van der Waals surface area contributed by atoms with E-state index >= 15 is 0 Å². The predicted molar refractivity (Wildman–Crippen MR) is 107 cm³/mol. The van der Waals surface area contributed by atoms with E-state index in [1.807, 2.05) is 24.3 Å². The van der Waals surface area contributed by atoms with E-state index in [0.717, 1.165) is 40.2 Å². The molecule has 0 aliphatic rings. The van der Waals surface area contributed by atoms with Crippen LogP contribution in [-0.4, -0.2) is 18.0 Å². The second-order valence-corrected chi connectivity index (χ2v) is 11.8. The second-order valence-electron chi connectivity index (χ2n) is 6.57. The summed E-state index contributed by atoms with van der Waals surface area (Å²) in [4.78, 5) is 14.6. The van der Waals surface area contributed by atoms with Crippen LogP contribution in [0.1, 0.15) is 20.8 Å². The molecule has 4 nitrogen and oxygen atoms in total. The summed E-state index contributed by atoms with van der Waals surface area (Å²) in [5.41, 5.74) is 3.44. The molecule has 5 heteroatoms. The zero-order valence-corrected chi connectivity index (χ0v) is 16.0. The molecule has 25 heavy (non-hydrogen) atoms. The molecule has 3 rings (SSSR count). The van der Waals surface area contributed by atoms with Crippen LogP contribution >= 0.6 is 0 Å². The Morgan fingerprint density at radius 3 is 2.20 bits per heavy atom. The van der Waals surface area contributed by atoms with E-state index in [4.69, 9.17) is 0 Å². The summed E-state index contributed by atoms with van der Waals surface area (Å²) in [5.74, 6) is 0. The zero-order chi connectivity index (χ0) is 18.0. The first-order chi connectivity index (χ1) is 12.1. The average Bonchev–Trinajstić information content (AvgIpc) is 3.03. The van der Waals surface area contributed by atoms with Crippen molar-refractivity contribution in [3.63, 3.8) is 0 Å². The van der Waals surface area contributed by atoms with E-state index in [2.05, 4.69) is 37.9 Å². The van der Waals surface area contributed by atoms with Gasteiger partial charge in [-0.1, -0.05) is 69.2 Å². The highest BCUT2D eigenvalue weighted by atomic mass is 28.3.